The van der Waals surface area contributed by atoms with Gasteiger partial charge in [0.25, 0.3) is 0 Å². The smallest absolute Gasteiger partial charge is 0.329 e. The number of hydrogen-bond donors (Lipinski definition) is 1. The number of amides is 2. The second-order valence-electron chi connectivity index (χ2n) is 4.52. The normalized spacial score (nSPS) is 27.3. The van der Waals surface area contributed by atoms with Gasteiger partial charge in [-0.2, -0.15) is 13.2 Å². The molecule has 0 aromatic carbocycles. The minimum Gasteiger partial charge on any atom is -0.329 e. The molecule has 0 aliphatic carbocycles. The summed E-state index contributed by atoms with van der Waals surface area (Å²) in [6, 6.07) is -1.17. The van der Waals surface area contributed by atoms with Gasteiger partial charge in [-0.1, -0.05) is 0 Å². The number of piperazine rings is 1. The van der Waals surface area contributed by atoms with Crippen LogP contribution in [0.5, 0.6) is 0 Å². The van der Waals surface area contributed by atoms with Crippen LogP contribution in [0.1, 0.15) is 12.8 Å². The van der Waals surface area contributed by atoms with Gasteiger partial charge < -0.3 is 10.2 Å². The Bertz CT molecular complexity index is 335. The van der Waals surface area contributed by atoms with Crippen LogP contribution in [0.3, 0.4) is 0 Å². The van der Waals surface area contributed by atoms with Crippen LogP contribution in [0.2, 0.25) is 0 Å². The maximum atomic E-state index is 12.0. The molecular formula is C9H13F3N4O2. The van der Waals surface area contributed by atoms with Crippen LogP contribution in [-0.4, -0.2) is 53.8 Å². The molecule has 2 unspecified atom stereocenters. The molecule has 2 saturated heterocycles. The highest BCUT2D eigenvalue weighted by atomic mass is 19.4. The molecule has 0 radical (unpaired) electrons. The van der Waals surface area contributed by atoms with E-state index in [9.17, 15) is 22.9 Å². The first-order chi connectivity index (χ1) is 8.40. The van der Waals surface area contributed by atoms with Gasteiger partial charge in [0.1, 0.15) is 6.54 Å². The van der Waals surface area contributed by atoms with E-state index in [1.807, 2.05) is 5.32 Å². The molecule has 1 N–H and O–H groups in total. The van der Waals surface area contributed by atoms with E-state index in [1.165, 1.54) is 9.91 Å². The fraction of sp³-hybridized carbons (Fsp3) is 0.889. The summed E-state index contributed by atoms with van der Waals surface area (Å²) in [7, 11) is 0. The summed E-state index contributed by atoms with van der Waals surface area (Å²) in [6.07, 6.45) is -3.03. The number of rotatable bonds is 2. The van der Waals surface area contributed by atoms with Gasteiger partial charge in [0.15, 0.2) is 0 Å². The molecule has 18 heavy (non-hydrogen) atoms. The van der Waals surface area contributed by atoms with Gasteiger partial charge in [0, 0.05) is 0 Å². The minimum absolute atomic E-state index is 0.227. The SMILES string of the molecule is O=NN1CC2CCC(C1)N2C(=O)NCC(F)(F)F. The lowest BCUT2D eigenvalue weighted by molar-refractivity contribution is -0.123. The zero-order valence-corrected chi connectivity index (χ0v) is 9.48. The van der Waals surface area contributed by atoms with Crippen molar-refractivity contribution >= 4 is 6.03 Å². The van der Waals surface area contributed by atoms with E-state index in [1.54, 1.807) is 0 Å². The highest BCUT2D eigenvalue weighted by Crippen LogP contribution is 2.30. The maximum absolute atomic E-state index is 12.0. The van der Waals surface area contributed by atoms with Gasteiger partial charge in [-0.25, -0.2) is 4.79 Å². The standard InChI is InChI=1S/C9H13F3N4O2/c10-9(11,12)5-13-8(17)16-6-1-2-7(16)4-15(3-6)14-18/h6-7H,1-5H2,(H,13,17). The molecule has 2 rings (SSSR count). The predicted molar refractivity (Wildman–Crippen MR) is 55.5 cm³/mol. The van der Waals surface area contributed by atoms with Gasteiger partial charge in [0.2, 0.25) is 0 Å². The molecule has 2 bridgehead atoms. The summed E-state index contributed by atoms with van der Waals surface area (Å²) in [5, 5.41) is 5.99. The number of nitrogens with one attached hydrogen (secondary N) is 1. The molecule has 0 aromatic rings. The second kappa shape index (κ2) is 4.62. The summed E-state index contributed by atoms with van der Waals surface area (Å²) in [5.41, 5.74) is 0. The molecule has 0 spiro atoms. The largest absolute Gasteiger partial charge is 0.405 e. The first-order valence-corrected chi connectivity index (χ1v) is 5.62. The topological polar surface area (TPSA) is 65.0 Å². The summed E-state index contributed by atoms with van der Waals surface area (Å²) in [5.74, 6) is 0. The number of carbonyl (C=O) groups excluding carboxylic acids is 1. The average Bonchev–Trinajstić information content (AvgIpc) is 2.56. The highest BCUT2D eigenvalue weighted by molar-refractivity contribution is 5.75. The van der Waals surface area contributed by atoms with Crippen molar-refractivity contribution in [3.8, 4) is 0 Å². The van der Waals surface area contributed by atoms with Gasteiger partial charge in [-0.15, -0.1) is 4.91 Å². The zero-order valence-electron chi connectivity index (χ0n) is 9.48. The van der Waals surface area contributed by atoms with Gasteiger partial charge in [0.05, 0.1) is 30.5 Å². The van der Waals surface area contributed by atoms with Crippen molar-refractivity contribution in [2.24, 2.45) is 5.29 Å². The van der Waals surface area contributed by atoms with Crippen LogP contribution in [0, 0.1) is 4.91 Å². The fourth-order valence-electron chi connectivity index (χ4n) is 2.55. The van der Waals surface area contributed by atoms with Crippen LogP contribution in [0.4, 0.5) is 18.0 Å². The molecule has 2 heterocycles. The van der Waals surface area contributed by atoms with Gasteiger partial charge >= 0.3 is 12.2 Å². The number of urea groups is 1. The highest BCUT2D eigenvalue weighted by Gasteiger charge is 2.43. The Hall–Kier alpha value is -1.54. The lowest BCUT2D eigenvalue weighted by Crippen LogP contribution is -2.57. The third kappa shape index (κ3) is 2.65. The third-order valence-corrected chi connectivity index (χ3v) is 3.25. The Balaban J connectivity index is 1.94. The molecule has 2 aliphatic rings. The van der Waals surface area contributed by atoms with Crippen LogP contribution < -0.4 is 5.32 Å². The van der Waals surface area contributed by atoms with Crippen LogP contribution >= 0.6 is 0 Å². The number of carbonyl (C=O) groups is 1. The summed E-state index contributed by atoms with van der Waals surface area (Å²) >= 11 is 0. The Morgan fingerprint density at radius 1 is 1.28 bits per heavy atom. The molecule has 9 heteroatoms. The number of hydrogen-bond acceptors (Lipinski definition) is 3. The lowest BCUT2D eigenvalue weighted by Gasteiger charge is -2.38. The monoisotopic (exact) mass is 266 g/mol. The van der Waals surface area contributed by atoms with Crippen molar-refractivity contribution < 1.29 is 18.0 Å². The summed E-state index contributed by atoms with van der Waals surface area (Å²) in [6.45, 7) is -0.754. The Kier molecular flexibility index (Phi) is 3.31. The van der Waals surface area contributed by atoms with Crippen LogP contribution in [0.25, 0.3) is 0 Å². The zero-order chi connectivity index (χ0) is 13.3. The van der Waals surface area contributed by atoms with E-state index in [0.29, 0.717) is 25.9 Å². The van der Waals surface area contributed by atoms with Gasteiger partial charge in [-0.05, 0) is 12.8 Å². The van der Waals surface area contributed by atoms with E-state index in [4.69, 9.17) is 0 Å². The van der Waals surface area contributed by atoms with Crippen molar-refractivity contribution in [3.05, 3.63) is 4.91 Å². The quantitative estimate of drug-likeness (QED) is 0.761. The van der Waals surface area contributed by atoms with Crippen molar-refractivity contribution in [3.63, 3.8) is 0 Å². The predicted octanol–water partition coefficient (Wildman–Crippen LogP) is 1.09. The molecule has 2 aliphatic heterocycles. The van der Waals surface area contributed by atoms with E-state index in [-0.39, 0.29) is 12.1 Å². The second-order valence-corrected chi connectivity index (χ2v) is 4.52. The molecule has 2 atom stereocenters. The number of fused-ring (bicyclic) bond motifs is 2. The van der Waals surface area contributed by atoms with Crippen molar-refractivity contribution in [1.29, 1.82) is 0 Å². The number of halogens is 3. The summed E-state index contributed by atoms with van der Waals surface area (Å²) in [4.78, 5) is 23.5. The molecular weight excluding hydrogens is 253 g/mol. The first-order valence-electron chi connectivity index (χ1n) is 5.62. The molecule has 102 valence electrons. The fourth-order valence-corrected chi connectivity index (χ4v) is 2.55. The Labute approximate surface area is 101 Å². The maximum Gasteiger partial charge on any atom is 0.405 e. The number of nitrogens with zero attached hydrogens (tertiary/aromatic N) is 3. The van der Waals surface area contributed by atoms with Crippen LogP contribution in [-0.2, 0) is 0 Å². The van der Waals surface area contributed by atoms with Crippen molar-refractivity contribution in [2.45, 2.75) is 31.1 Å². The van der Waals surface area contributed by atoms with Gasteiger partial charge in [-0.3, -0.25) is 5.01 Å². The Morgan fingerprint density at radius 3 is 2.28 bits per heavy atom. The molecule has 2 amide bonds. The van der Waals surface area contributed by atoms with E-state index < -0.39 is 18.8 Å². The molecule has 2 fully saturated rings. The number of alkyl halides is 3. The molecule has 0 aromatic heterocycles. The number of nitroso groups, excluding NO2 is 1. The van der Waals surface area contributed by atoms with E-state index in [0.717, 1.165) is 0 Å². The van der Waals surface area contributed by atoms with Crippen molar-refractivity contribution in [2.75, 3.05) is 19.6 Å². The average molecular weight is 266 g/mol. The molecule has 6 nitrogen and oxygen atoms in total. The van der Waals surface area contributed by atoms with E-state index in [2.05, 4.69) is 5.29 Å². The Morgan fingerprint density at radius 2 is 1.83 bits per heavy atom. The van der Waals surface area contributed by atoms with Crippen molar-refractivity contribution in [1.82, 2.24) is 15.2 Å². The first kappa shape index (κ1) is 12.9. The third-order valence-electron chi connectivity index (χ3n) is 3.25. The lowest BCUT2D eigenvalue weighted by atomic mass is 10.2. The minimum atomic E-state index is -4.42. The summed E-state index contributed by atoms with van der Waals surface area (Å²) < 4.78 is 36.0. The van der Waals surface area contributed by atoms with Crippen LogP contribution in [0.15, 0.2) is 5.29 Å². The molecule has 0 saturated carbocycles. The van der Waals surface area contributed by atoms with E-state index >= 15 is 0 Å².